The van der Waals surface area contributed by atoms with E-state index < -0.39 is 0 Å². The van der Waals surface area contributed by atoms with Gasteiger partial charge < -0.3 is 4.74 Å². The Labute approximate surface area is 74.2 Å². The molecule has 0 aliphatic carbocycles. The highest BCUT2D eigenvalue weighted by Gasteiger charge is 2.12. The van der Waals surface area contributed by atoms with Crippen LogP contribution < -0.4 is 4.74 Å². The Hall–Kier alpha value is -1.34. The molecule has 62 valence electrons. The Morgan fingerprint density at radius 2 is 2.58 bits per heavy atom. The third-order valence-corrected chi connectivity index (χ3v) is 2.28. The van der Waals surface area contributed by atoms with Gasteiger partial charge in [0, 0.05) is 0 Å². The molecule has 3 nitrogen and oxygen atoms in total. The van der Waals surface area contributed by atoms with Crippen molar-refractivity contribution in [2.24, 2.45) is 0 Å². The lowest BCUT2D eigenvalue weighted by Crippen LogP contribution is -1.96. The van der Waals surface area contributed by atoms with Crippen molar-refractivity contribution in [1.29, 1.82) is 5.26 Å². The number of rotatable bonds is 3. The Balaban J connectivity index is 2.88. The lowest BCUT2D eigenvalue weighted by Gasteiger charge is -1.97. The molecule has 0 amide bonds. The second-order valence-electron chi connectivity index (χ2n) is 2.08. The highest BCUT2D eigenvalue weighted by Crippen LogP contribution is 2.25. The molecule has 0 bridgehead atoms. The van der Waals surface area contributed by atoms with Gasteiger partial charge in [-0.05, 0) is 11.4 Å². The molecule has 1 aromatic heterocycles. The van der Waals surface area contributed by atoms with Crippen LogP contribution in [0, 0.1) is 11.3 Å². The first kappa shape index (κ1) is 8.75. The summed E-state index contributed by atoms with van der Waals surface area (Å²) in [6.45, 7) is 0. The van der Waals surface area contributed by atoms with E-state index in [1.807, 2.05) is 6.07 Å². The van der Waals surface area contributed by atoms with Gasteiger partial charge in [-0.1, -0.05) is 0 Å². The van der Waals surface area contributed by atoms with E-state index in [4.69, 9.17) is 10.00 Å². The highest BCUT2D eigenvalue weighted by atomic mass is 32.1. The molecular formula is C8H7NO2S. The molecule has 0 aromatic carbocycles. The average molecular weight is 181 g/mol. The van der Waals surface area contributed by atoms with E-state index in [1.165, 1.54) is 18.4 Å². The monoisotopic (exact) mass is 181 g/mol. The topological polar surface area (TPSA) is 50.1 Å². The van der Waals surface area contributed by atoms with Crippen LogP contribution in [0.5, 0.6) is 5.75 Å². The maximum absolute atomic E-state index is 11.2. The smallest absolute Gasteiger partial charge is 0.190 e. The van der Waals surface area contributed by atoms with Crippen molar-refractivity contribution in [1.82, 2.24) is 0 Å². The molecule has 0 spiro atoms. The average Bonchev–Trinajstić information content (AvgIpc) is 2.51. The van der Waals surface area contributed by atoms with Gasteiger partial charge in [0.2, 0.25) is 0 Å². The van der Waals surface area contributed by atoms with Crippen molar-refractivity contribution in [3.05, 3.63) is 16.3 Å². The van der Waals surface area contributed by atoms with E-state index in [2.05, 4.69) is 0 Å². The van der Waals surface area contributed by atoms with Gasteiger partial charge in [-0.15, -0.1) is 11.3 Å². The zero-order valence-electron chi connectivity index (χ0n) is 6.53. The van der Waals surface area contributed by atoms with Crippen LogP contribution >= 0.6 is 11.3 Å². The molecule has 0 radical (unpaired) electrons. The van der Waals surface area contributed by atoms with Crippen LogP contribution in [0.4, 0.5) is 0 Å². The van der Waals surface area contributed by atoms with Gasteiger partial charge in [0.15, 0.2) is 5.78 Å². The van der Waals surface area contributed by atoms with E-state index in [0.717, 1.165) is 0 Å². The summed E-state index contributed by atoms with van der Waals surface area (Å²) in [7, 11) is 1.51. The Morgan fingerprint density at radius 1 is 1.83 bits per heavy atom. The summed E-state index contributed by atoms with van der Waals surface area (Å²) in [4.78, 5) is 11.7. The van der Waals surface area contributed by atoms with E-state index in [1.54, 1.807) is 11.4 Å². The number of hydrogen-bond acceptors (Lipinski definition) is 4. The summed E-state index contributed by atoms with van der Waals surface area (Å²) in [5.74, 6) is 0.379. The molecule has 0 aliphatic heterocycles. The quantitative estimate of drug-likeness (QED) is 0.668. The molecule has 1 rings (SSSR count). The highest BCUT2D eigenvalue weighted by molar-refractivity contribution is 7.12. The number of nitriles is 1. The number of carbonyl (C=O) groups excluding carboxylic acids is 1. The second kappa shape index (κ2) is 3.88. The molecule has 1 aromatic rings. The van der Waals surface area contributed by atoms with Gasteiger partial charge in [0.1, 0.15) is 10.6 Å². The van der Waals surface area contributed by atoms with Crippen molar-refractivity contribution >= 4 is 17.1 Å². The third kappa shape index (κ3) is 1.63. The maximum atomic E-state index is 11.2. The largest absolute Gasteiger partial charge is 0.495 e. The van der Waals surface area contributed by atoms with Gasteiger partial charge in [0.05, 0.1) is 19.6 Å². The molecule has 0 atom stereocenters. The molecule has 0 unspecified atom stereocenters. The van der Waals surface area contributed by atoms with Crippen LogP contribution in [0.2, 0.25) is 0 Å². The lowest BCUT2D eigenvalue weighted by molar-refractivity contribution is 0.0999. The molecule has 12 heavy (non-hydrogen) atoms. The summed E-state index contributed by atoms with van der Waals surface area (Å²) in [5, 5.41) is 10.1. The van der Waals surface area contributed by atoms with Crippen LogP contribution in [-0.4, -0.2) is 12.9 Å². The Kier molecular flexibility index (Phi) is 2.83. The summed E-state index contributed by atoms with van der Waals surface area (Å²) in [6, 6.07) is 3.53. The molecule has 1 heterocycles. The molecule has 0 saturated heterocycles. The van der Waals surface area contributed by atoms with Gasteiger partial charge in [-0.3, -0.25) is 4.79 Å². The van der Waals surface area contributed by atoms with E-state index >= 15 is 0 Å². The van der Waals surface area contributed by atoms with E-state index in [9.17, 15) is 4.79 Å². The number of thiophene rings is 1. The molecule has 0 saturated carbocycles. The molecule has 0 aliphatic rings. The third-order valence-electron chi connectivity index (χ3n) is 1.34. The van der Waals surface area contributed by atoms with Crippen molar-refractivity contribution in [2.75, 3.05) is 7.11 Å². The fourth-order valence-electron chi connectivity index (χ4n) is 0.814. The minimum Gasteiger partial charge on any atom is -0.495 e. The lowest BCUT2D eigenvalue weighted by atomic mass is 10.2. The predicted octanol–water partition coefficient (Wildman–Crippen LogP) is 1.85. The normalized spacial score (nSPS) is 9.00. The number of ketones is 1. The van der Waals surface area contributed by atoms with Gasteiger partial charge in [-0.25, -0.2) is 0 Å². The number of ether oxygens (including phenoxy) is 1. The first-order valence-electron chi connectivity index (χ1n) is 3.31. The van der Waals surface area contributed by atoms with Crippen molar-refractivity contribution in [3.8, 4) is 11.8 Å². The zero-order chi connectivity index (χ0) is 8.97. The molecule has 0 fully saturated rings. The minimum atomic E-state index is -0.177. The van der Waals surface area contributed by atoms with E-state index in [0.29, 0.717) is 10.6 Å². The van der Waals surface area contributed by atoms with Crippen molar-refractivity contribution in [2.45, 2.75) is 6.42 Å². The zero-order valence-corrected chi connectivity index (χ0v) is 7.35. The van der Waals surface area contributed by atoms with Crippen LogP contribution in [0.1, 0.15) is 16.1 Å². The molecule has 4 heteroatoms. The summed E-state index contributed by atoms with van der Waals surface area (Å²) < 4.78 is 4.93. The molecular weight excluding hydrogens is 174 g/mol. The Bertz CT molecular complexity index is 324. The number of carbonyl (C=O) groups is 1. The van der Waals surface area contributed by atoms with Gasteiger partial charge in [0.25, 0.3) is 0 Å². The number of Topliss-reactive ketones (excluding diaryl/α,β-unsaturated/α-hetero) is 1. The van der Waals surface area contributed by atoms with Crippen LogP contribution in [0.3, 0.4) is 0 Å². The summed E-state index contributed by atoms with van der Waals surface area (Å²) >= 11 is 1.30. The second-order valence-corrected chi connectivity index (χ2v) is 2.99. The standard InChI is InChI=1S/C8H7NO2S/c1-11-7-3-5-12-8(7)6(10)2-4-9/h3,5H,2H2,1H3. The number of nitrogens with zero attached hydrogens (tertiary/aromatic N) is 1. The SMILES string of the molecule is COc1ccsc1C(=O)CC#N. The van der Waals surface area contributed by atoms with Crippen molar-refractivity contribution < 1.29 is 9.53 Å². The maximum Gasteiger partial charge on any atom is 0.190 e. The predicted molar refractivity (Wildman–Crippen MR) is 45.4 cm³/mol. The molecule has 0 N–H and O–H groups in total. The minimum absolute atomic E-state index is 0.0864. The van der Waals surface area contributed by atoms with Crippen LogP contribution in [-0.2, 0) is 0 Å². The van der Waals surface area contributed by atoms with Crippen molar-refractivity contribution in [3.63, 3.8) is 0 Å². The first-order chi connectivity index (χ1) is 5.79. The fraction of sp³-hybridized carbons (Fsp3) is 0.250. The van der Waals surface area contributed by atoms with Gasteiger partial charge in [-0.2, -0.15) is 5.26 Å². The first-order valence-corrected chi connectivity index (χ1v) is 4.19. The number of methoxy groups -OCH3 is 1. The summed E-state index contributed by atoms with van der Waals surface area (Å²) in [6.07, 6.45) is -0.0864. The van der Waals surface area contributed by atoms with E-state index in [-0.39, 0.29) is 12.2 Å². The fourth-order valence-corrected chi connectivity index (χ4v) is 1.61. The van der Waals surface area contributed by atoms with Crippen LogP contribution in [0.15, 0.2) is 11.4 Å². The van der Waals surface area contributed by atoms with Crippen LogP contribution in [0.25, 0.3) is 0 Å². The van der Waals surface area contributed by atoms with Gasteiger partial charge >= 0.3 is 0 Å². The Morgan fingerprint density at radius 3 is 3.17 bits per heavy atom. The number of hydrogen-bond donors (Lipinski definition) is 0. The summed E-state index contributed by atoms with van der Waals surface area (Å²) in [5.41, 5.74) is 0.